The number of hydrogen-bond acceptors (Lipinski definition) is 7. The first-order chi connectivity index (χ1) is 11.7. The summed E-state index contributed by atoms with van der Waals surface area (Å²) in [4.78, 5) is 0. The molecule has 0 aliphatic carbocycles. The van der Waals surface area contributed by atoms with Crippen molar-refractivity contribution in [1.29, 1.82) is 0 Å². The van der Waals surface area contributed by atoms with Crippen LogP contribution in [0.15, 0.2) is 12.3 Å². The number of aromatic nitrogens is 2. The van der Waals surface area contributed by atoms with Crippen molar-refractivity contribution >= 4 is 0 Å². The summed E-state index contributed by atoms with van der Waals surface area (Å²) in [5.41, 5.74) is 0.672. The number of rotatable bonds is 10. The molecule has 0 bridgehead atoms. The van der Waals surface area contributed by atoms with Crippen LogP contribution in [0.2, 0.25) is 0 Å². The number of aliphatic hydroxyl groups is 3. The molecule has 1 fully saturated rings. The van der Waals surface area contributed by atoms with E-state index in [9.17, 15) is 15.3 Å². The van der Waals surface area contributed by atoms with Crippen LogP contribution in [0.5, 0.6) is 0 Å². The second-order valence-electron chi connectivity index (χ2n) is 5.87. The smallest absolute Gasteiger partial charge is 0.110 e. The Bertz CT molecular complexity index is 469. The molecule has 4 atom stereocenters. The summed E-state index contributed by atoms with van der Waals surface area (Å²) in [6, 6.07) is 1.81. The standard InChI is InChI=1S/C16H28N2O6/c1-2-6-22-8-9-23-7-5-18-4-3-12(17-18)14-10-13(20)16(21)15(11-19)24-14/h3-4,13-16,19-21H,2,5-11H2,1H3/t13-,14+,15-,16-/m1/s1. The lowest BCUT2D eigenvalue weighted by Gasteiger charge is -2.35. The van der Waals surface area contributed by atoms with Gasteiger partial charge in [0, 0.05) is 19.2 Å². The Kier molecular flexibility index (Phi) is 8.10. The van der Waals surface area contributed by atoms with Crippen molar-refractivity contribution < 1.29 is 29.5 Å². The van der Waals surface area contributed by atoms with Gasteiger partial charge in [-0.2, -0.15) is 5.10 Å². The van der Waals surface area contributed by atoms with E-state index in [1.807, 2.05) is 12.3 Å². The third kappa shape index (κ3) is 5.51. The predicted octanol–water partition coefficient (Wildman–Crippen LogP) is -0.130. The Morgan fingerprint density at radius 2 is 2.00 bits per heavy atom. The minimum atomic E-state index is -1.07. The number of aliphatic hydroxyl groups excluding tert-OH is 3. The Labute approximate surface area is 142 Å². The molecular weight excluding hydrogens is 316 g/mol. The zero-order valence-corrected chi connectivity index (χ0v) is 14.1. The van der Waals surface area contributed by atoms with Crippen molar-refractivity contribution in [2.45, 2.75) is 50.7 Å². The average Bonchev–Trinajstić information content (AvgIpc) is 3.05. The van der Waals surface area contributed by atoms with E-state index in [1.54, 1.807) is 4.68 Å². The second kappa shape index (κ2) is 10.1. The molecule has 138 valence electrons. The van der Waals surface area contributed by atoms with Gasteiger partial charge in [-0.25, -0.2) is 0 Å². The molecule has 0 radical (unpaired) electrons. The number of hydrogen-bond donors (Lipinski definition) is 3. The maximum Gasteiger partial charge on any atom is 0.110 e. The molecule has 1 saturated heterocycles. The third-order valence-electron chi connectivity index (χ3n) is 3.93. The van der Waals surface area contributed by atoms with Gasteiger partial charge in [0.25, 0.3) is 0 Å². The van der Waals surface area contributed by atoms with Crippen LogP contribution in [-0.2, 0) is 20.8 Å². The molecule has 0 aromatic carbocycles. The maximum atomic E-state index is 9.87. The lowest BCUT2D eigenvalue weighted by molar-refractivity contribution is -0.182. The molecule has 1 aromatic heterocycles. The van der Waals surface area contributed by atoms with E-state index >= 15 is 0 Å². The van der Waals surface area contributed by atoms with Crippen molar-refractivity contribution in [3.8, 4) is 0 Å². The van der Waals surface area contributed by atoms with Gasteiger partial charge >= 0.3 is 0 Å². The molecule has 8 nitrogen and oxygen atoms in total. The third-order valence-corrected chi connectivity index (χ3v) is 3.93. The van der Waals surface area contributed by atoms with Crippen molar-refractivity contribution in [2.24, 2.45) is 0 Å². The normalized spacial score (nSPS) is 27.5. The fraction of sp³-hybridized carbons (Fsp3) is 0.812. The lowest BCUT2D eigenvalue weighted by Crippen LogP contribution is -2.47. The fourth-order valence-corrected chi connectivity index (χ4v) is 2.59. The van der Waals surface area contributed by atoms with Crippen LogP contribution in [0.25, 0.3) is 0 Å². The molecule has 2 heterocycles. The zero-order chi connectivity index (χ0) is 17.4. The molecule has 1 aliphatic rings. The molecule has 2 rings (SSSR count). The first kappa shape index (κ1) is 19.3. The van der Waals surface area contributed by atoms with Gasteiger partial charge < -0.3 is 29.5 Å². The summed E-state index contributed by atoms with van der Waals surface area (Å²) in [5, 5.41) is 33.2. The van der Waals surface area contributed by atoms with Crippen molar-refractivity contribution in [2.75, 3.05) is 33.0 Å². The van der Waals surface area contributed by atoms with Gasteiger partial charge in [0.1, 0.15) is 18.3 Å². The molecule has 1 aromatic rings. The van der Waals surface area contributed by atoms with E-state index in [0.717, 1.165) is 13.0 Å². The van der Waals surface area contributed by atoms with E-state index in [1.165, 1.54) is 0 Å². The highest BCUT2D eigenvalue weighted by Crippen LogP contribution is 2.30. The molecule has 0 unspecified atom stereocenters. The van der Waals surface area contributed by atoms with Gasteiger partial charge in [-0.3, -0.25) is 4.68 Å². The monoisotopic (exact) mass is 344 g/mol. The number of nitrogens with zero attached hydrogens (tertiary/aromatic N) is 2. The summed E-state index contributed by atoms with van der Waals surface area (Å²) in [6.45, 7) is 4.76. The molecule has 0 saturated carbocycles. The van der Waals surface area contributed by atoms with Crippen LogP contribution in [0.1, 0.15) is 31.6 Å². The van der Waals surface area contributed by atoms with E-state index in [-0.39, 0.29) is 13.0 Å². The molecule has 1 aliphatic heterocycles. The van der Waals surface area contributed by atoms with Gasteiger partial charge in [-0.15, -0.1) is 0 Å². The van der Waals surface area contributed by atoms with Gasteiger partial charge in [0.2, 0.25) is 0 Å². The zero-order valence-electron chi connectivity index (χ0n) is 14.1. The van der Waals surface area contributed by atoms with Crippen molar-refractivity contribution in [1.82, 2.24) is 9.78 Å². The highest BCUT2D eigenvalue weighted by molar-refractivity contribution is 5.06. The maximum absolute atomic E-state index is 9.87. The van der Waals surface area contributed by atoms with Crippen molar-refractivity contribution in [3.05, 3.63) is 18.0 Å². The summed E-state index contributed by atoms with van der Waals surface area (Å²) < 4.78 is 18.2. The quantitative estimate of drug-likeness (QED) is 0.508. The second-order valence-corrected chi connectivity index (χ2v) is 5.87. The summed E-state index contributed by atoms with van der Waals surface area (Å²) in [7, 11) is 0. The minimum Gasteiger partial charge on any atom is -0.394 e. The van der Waals surface area contributed by atoms with Crippen LogP contribution in [0, 0.1) is 0 Å². The molecule has 24 heavy (non-hydrogen) atoms. The van der Waals surface area contributed by atoms with E-state index in [4.69, 9.17) is 14.2 Å². The Balaban J connectivity index is 1.74. The lowest BCUT2D eigenvalue weighted by atomic mass is 9.97. The average molecular weight is 344 g/mol. The van der Waals surface area contributed by atoms with Crippen LogP contribution in [-0.4, -0.2) is 76.4 Å². The van der Waals surface area contributed by atoms with Crippen LogP contribution < -0.4 is 0 Å². The van der Waals surface area contributed by atoms with Gasteiger partial charge in [0.05, 0.1) is 44.8 Å². The van der Waals surface area contributed by atoms with Gasteiger partial charge in [-0.1, -0.05) is 6.92 Å². The molecule has 3 N–H and O–H groups in total. The van der Waals surface area contributed by atoms with E-state index < -0.39 is 24.4 Å². The fourth-order valence-electron chi connectivity index (χ4n) is 2.59. The molecule has 0 spiro atoms. The molecule has 8 heteroatoms. The predicted molar refractivity (Wildman–Crippen MR) is 85.5 cm³/mol. The Morgan fingerprint density at radius 3 is 2.71 bits per heavy atom. The largest absolute Gasteiger partial charge is 0.394 e. The molecule has 0 amide bonds. The van der Waals surface area contributed by atoms with E-state index in [0.29, 0.717) is 32.1 Å². The molecular formula is C16H28N2O6. The summed E-state index contributed by atoms with van der Waals surface area (Å²) in [6.07, 6.45) is -0.168. The van der Waals surface area contributed by atoms with E-state index in [2.05, 4.69) is 12.0 Å². The summed E-state index contributed by atoms with van der Waals surface area (Å²) in [5.74, 6) is 0. The van der Waals surface area contributed by atoms with Gasteiger partial charge in [-0.05, 0) is 12.5 Å². The SMILES string of the molecule is CCCOCCOCCn1ccc([C@@H]2C[C@@H](O)[C@@H](O)[C@@H](CO)O2)n1. The van der Waals surface area contributed by atoms with Crippen LogP contribution >= 0.6 is 0 Å². The van der Waals surface area contributed by atoms with Gasteiger partial charge in [0.15, 0.2) is 0 Å². The summed E-state index contributed by atoms with van der Waals surface area (Å²) >= 11 is 0. The topological polar surface area (TPSA) is 106 Å². The van der Waals surface area contributed by atoms with Crippen LogP contribution in [0.3, 0.4) is 0 Å². The van der Waals surface area contributed by atoms with Crippen molar-refractivity contribution in [3.63, 3.8) is 0 Å². The highest BCUT2D eigenvalue weighted by Gasteiger charge is 2.37. The Morgan fingerprint density at radius 1 is 1.25 bits per heavy atom. The van der Waals surface area contributed by atoms with Crippen LogP contribution in [0.4, 0.5) is 0 Å². The Hall–Kier alpha value is -1.03. The first-order valence-corrected chi connectivity index (χ1v) is 8.47. The highest BCUT2D eigenvalue weighted by atomic mass is 16.5. The minimum absolute atomic E-state index is 0.250. The number of ether oxygens (including phenoxy) is 3. The first-order valence-electron chi connectivity index (χ1n) is 8.47.